The highest BCUT2D eigenvalue weighted by molar-refractivity contribution is 4.91. The van der Waals surface area contributed by atoms with Crippen molar-refractivity contribution in [1.82, 2.24) is 5.32 Å². The maximum Gasteiger partial charge on any atom is 0.0134 e. The zero-order valence-corrected chi connectivity index (χ0v) is 11.7. The van der Waals surface area contributed by atoms with Crippen LogP contribution in [0.3, 0.4) is 0 Å². The molecule has 1 aliphatic carbocycles. The lowest BCUT2D eigenvalue weighted by molar-refractivity contribution is 0.418. The molecule has 0 aromatic heterocycles. The molecule has 0 aromatic rings. The van der Waals surface area contributed by atoms with Crippen molar-refractivity contribution in [3.8, 4) is 0 Å². The largest absolute Gasteiger partial charge is 0.313 e. The van der Waals surface area contributed by atoms with E-state index in [-0.39, 0.29) is 0 Å². The van der Waals surface area contributed by atoms with E-state index in [4.69, 9.17) is 0 Å². The number of unbranched alkanes of at least 4 members (excludes halogenated alkanes) is 4. The Kier molecular flexibility index (Phi) is 9.40. The van der Waals surface area contributed by atoms with E-state index in [1.807, 2.05) is 0 Å². The molecule has 0 radical (unpaired) electrons. The average Bonchev–Trinajstić information content (AvgIpc) is 2.38. The molecule has 0 amide bonds. The third-order valence-electron chi connectivity index (χ3n) is 3.78. The van der Waals surface area contributed by atoms with Gasteiger partial charge in [0.25, 0.3) is 0 Å². The van der Waals surface area contributed by atoms with E-state index in [9.17, 15) is 0 Å². The fourth-order valence-electron chi connectivity index (χ4n) is 2.63. The first-order chi connectivity index (χ1) is 8.43. The van der Waals surface area contributed by atoms with Crippen LogP contribution in [0.25, 0.3) is 0 Å². The summed E-state index contributed by atoms with van der Waals surface area (Å²) in [5, 5.41) is 3.52. The molecular weight excluding hydrogens is 206 g/mol. The predicted molar refractivity (Wildman–Crippen MR) is 77.3 cm³/mol. The Bertz CT molecular complexity index is 180. The zero-order chi connectivity index (χ0) is 12.2. The highest BCUT2D eigenvalue weighted by Crippen LogP contribution is 2.24. The lowest BCUT2D eigenvalue weighted by Crippen LogP contribution is -2.15. The summed E-state index contributed by atoms with van der Waals surface area (Å²) < 4.78 is 0. The second kappa shape index (κ2) is 10.8. The van der Waals surface area contributed by atoms with Crippen LogP contribution >= 0.6 is 0 Å². The molecule has 0 aliphatic heterocycles. The van der Waals surface area contributed by atoms with Crippen LogP contribution in [0.4, 0.5) is 0 Å². The van der Waals surface area contributed by atoms with Crippen LogP contribution in [-0.4, -0.2) is 13.1 Å². The van der Waals surface area contributed by atoms with Crippen molar-refractivity contribution < 1.29 is 0 Å². The molecule has 1 rings (SSSR count). The summed E-state index contributed by atoms with van der Waals surface area (Å²) in [6, 6.07) is 0. The molecule has 17 heavy (non-hydrogen) atoms. The van der Waals surface area contributed by atoms with E-state index in [1.165, 1.54) is 70.8 Å². The Hall–Kier alpha value is -0.300. The van der Waals surface area contributed by atoms with Crippen molar-refractivity contribution in [2.75, 3.05) is 13.1 Å². The average molecular weight is 237 g/mol. The van der Waals surface area contributed by atoms with Gasteiger partial charge in [-0.2, -0.15) is 0 Å². The van der Waals surface area contributed by atoms with Crippen LogP contribution in [0.5, 0.6) is 0 Å². The zero-order valence-electron chi connectivity index (χ0n) is 11.7. The number of hydrogen-bond donors (Lipinski definition) is 1. The maximum atomic E-state index is 3.52. The number of rotatable bonds is 9. The molecule has 1 fully saturated rings. The van der Waals surface area contributed by atoms with Crippen LogP contribution in [-0.2, 0) is 0 Å². The van der Waals surface area contributed by atoms with Crippen molar-refractivity contribution >= 4 is 0 Å². The van der Waals surface area contributed by atoms with Gasteiger partial charge < -0.3 is 5.32 Å². The monoisotopic (exact) mass is 237 g/mol. The summed E-state index contributed by atoms with van der Waals surface area (Å²) in [6.07, 6.45) is 18.9. The summed E-state index contributed by atoms with van der Waals surface area (Å²) in [5.41, 5.74) is 0. The van der Waals surface area contributed by atoms with E-state index < -0.39 is 0 Å². The van der Waals surface area contributed by atoms with Gasteiger partial charge in [0.2, 0.25) is 0 Å². The van der Waals surface area contributed by atoms with Gasteiger partial charge in [-0.1, -0.05) is 64.0 Å². The van der Waals surface area contributed by atoms with Gasteiger partial charge in [0.05, 0.1) is 0 Å². The normalized spacial score (nSPS) is 17.9. The summed E-state index contributed by atoms with van der Waals surface area (Å²) in [7, 11) is 0. The first-order valence-electron chi connectivity index (χ1n) is 7.81. The van der Waals surface area contributed by atoms with Gasteiger partial charge in [-0.15, -0.1) is 0 Å². The number of allylic oxidation sites excluding steroid dienone is 1. The highest BCUT2D eigenvalue weighted by atomic mass is 14.8. The minimum atomic E-state index is 0.884. The van der Waals surface area contributed by atoms with Gasteiger partial charge in [0.15, 0.2) is 0 Å². The molecule has 1 N–H and O–H groups in total. The standard InChI is InChI=1S/C16H31N/c1-2-3-4-5-9-14-17-15-10-13-16-11-7-6-8-12-16/h10,13,16-17H,2-9,11-12,14-15H2,1H3/b13-10+. The third-order valence-corrected chi connectivity index (χ3v) is 3.78. The highest BCUT2D eigenvalue weighted by Gasteiger charge is 2.08. The van der Waals surface area contributed by atoms with Crippen LogP contribution in [0.15, 0.2) is 12.2 Å². The molecule has 0 aromatic carbocycles. The van der Waals surface area contributed by atoms with Crippen LogP contribution < -0.4 is 5.32 Å². The molecular formula is C16H31N. The van der Waals surface area contributed by atoms with Gasteiger partial charge in [-0.3, -0.25) is 0 Å². The molecule has 0 spiro atoms. The van der Waals surface area contributed by atoms with Gasteiger partial charge in [0.1, 0.15) is 0 Å². The van der Waals surface area contributed by atoms with Crippen LogP contribution in [0.2, 0.25) is 0 Å². The summed E-state index contributed by atoms with van der Waals surface area (Å²) in [4.78, 5) is 0. The minimum Gasteiger partial charge on any atom is -0.313 e. The Labute approximate surface area is 108 Å². The number of nitrogens with one attached hydrogen (secondary N) is 1. The molecule has 1 saturated carbocycles. The van der Waals surface area contributed by atoms with Crippen molar-refractivity contribution in [2.24, 2.45) is 5.92 Å². The lowest BCUT2D eigenvalue weighted by atomic mass is 9.89. The predicted octanol–water partition coefficient (Wildman–Crippen LogP) is 4.68. The summed E-state index contributed by atoms with van der Waals surface area (Å²) >= 11 is 0. The van der Waals surface area contributed by atoms with E-state index in [0.29, 0.717) is 0 Å². The Morgan fingerprint density at radius 2 is 1.76 bits per heavy atom. The molecule has 1 nitrogen and oxygen atoms in total. The Morgan fingerprint density at radius 1 is 1.00 bits per heavy atom. The van der Waals surface area contributed by atoms with E-state index in [2.05, 4.69) is 24.4 Å². The summed E-state index contributed by atoms with van der Waals surface area (Å²) in [5.74, 6) is 0.884. The Morgan fingerprint density at radius 3 is 2.53 bits per heavy atom. The van der Waals surface area contributed by atoms with Crippen LogP contribution in [0, 0.1) is 5.92 Å². The first kappa shape index (κ1) is 14.8. The maximum absolute atomic E-state index is 3.52. The second-order valence-electron chi connectivity index (χ2n) is 5.44. The van der Waals surface area contributed by atoms with Crippen molar-refractivity contribution in [1.29, 1.82) is 0 Å². The SMILES string of the molecule is CCCCCCCNC/C=C/C1CCCCC1. The van der Waals surface area contributed by atoms with Crippen molar-refractivity contribution in [3.63, 3.8) is 0 Å². The van der Waals surface area contributed by atoms with Gasteiger partial charge in [-0.05, 0) is 31.7 Å². The fourth-order valence-corrected chi connectivity index (χ4v) is 2.63. The smallest absolute Gasteiger partial charge is 0.0134 e. The van der Waals surface area contributed by atoms with Crippen molar-refractivity contribution in [3.05, 3.63) is 12.2 Å². The molecule has 0 bridgehead atoms. The van der Waals surface area contributed by atoms with E-state index in [1.54, 1.807) is 0 Å². The van der Waals surface area contributed by atoms with Crippen molar-refractivity contribution in [2.45, 2.75) is 71.1 Å². The minimum absolute atomic E-state index is 0.884. The van der Waals surface area contributed by atoms with E-state index >= 15 is 0 Å². The number of hydrogen-bond acceptors (Lipinski definition) is 1. The van der Waals surface area contributed by atoms with Gasteiger partial charge in [0, 0.05) is 6.54 Å². The molecule has 0 unspecified atom stereocenters. The third kappa shape index (κ3) is 8.43. The van der Waals surface area contributed by atoms with Crippen LogP contribution in [0.1, 0.15) is 71.1 Å². The topological polar surface area (TPSA) is 12.0 Å². The fraction of sp³-hybridized carbons (Fsp3) is 0.875. The van der Waals surface area contributed by atoms with E-state index in [0.717, 1.165) is 12.5 Å². The van der Waals surface area contributed by atoms with Gasteiger partial charge >= 0.3 is 0 Å². The molecule has 0 heterocycles. The molecule has 100 valence electrons. The summed E-state index contributed by atoms with van der Waals surface area (Å²) in [6.45, 7) is 4.54. The molecule has 1 heteroatoms. The molecule has 1 aliphatic rings. The van der Waals surface area contributed by atoms with Gasteiger partial charge in [-0.25, -0.2) is 0 Å². The Balaban J connectivity index is 1.84. The first-order valence-corrected chi connectivity index (χ1v) is 7.81. The quantitative estimate of drug-likeness (QED) is 0.453. The molecule has 0 saturated heterocycles. The molecule has 0 atom stereocenters. The lowest BCUT2D eigenvalue weighted by Gasteiger charge is -2.17. The second-order valence-corrected chi connectivity index (χ2v) is 5.44.